The highest BCUT2D eigenvalue weighted by Gasteiger charge is 2.35. The highest BCUT2D eigenvalue weighted by atomic mass is 32.2. The second kappa shape index (κ2) is 6.00. The van der Waals surface area contributed by atoms with Crippen molar-refractivity contribution < 1.29 is 18.0 Å². The Morgan fingerprint density at radius 1 is 1.16 bits per heavy atom. The number of anilines is 2. The lowest BCUT2D eigenvalue weighted by Crippen LogP contribution is -2.49. The number of fused-ring (bicyclic) bond motifs is 1. The van der Waals surface area contributed by atoms with Crippen LogP contribution < -0.4 is 10.2 Å². The lowest BCUT2D eigenvalue weighted by Gasteiger charge is -2.35. The molecule has 130 valence electrons. The van der Waals surface area contributed by atoms with Crippen LogP contribution in [0.2, 0.25) is 0 Å². The zero-order chi connectivity index (χ0) is 18.4. The monoisotopic (exact) mass is 358 g/mol. The van der Waals surface area contributed by atoms with Crippen LogP contribution in [0.1, 0.15) is 22.8 Å². The van der Waals surface area contributed by atoms with Gasteiger partial charge in [-0.15, -0.1) is 0 Å². The van der Waals surface area contributed by atoms with Gasteiger partial charge < -0.3 is 5.32 Å². The maximum absolute atomic E-state index is 13.0. The molecule has 1 aliphatic rings. The van der Waals surface area contributed by atoms with Crippen molar-refractivity contribution in [2.24, 2.45) is 0 Å². The molecule has 1 N–H and O–H groups in total. The summed E-state index contributed by atoms with van der Waals surface area (Å²) in [6.07, 6.45) is 1.10. The maximum atomic E-state index is 13.0. The van der Waals surface area contributed by atoms with Gasteiger partial charge in [-0.25, -0.2) is 8.42 Å². The van der Waals surface area contributed by atoms with Crippen LogP contribution in [0.25, 0.3) is 0 Å². The molecular weight excluding hydrogens is 340 g/mol. The SMILES string of the molecule is Cc1ccccc1C(=O)N1c2ccc(S(C)(=O)=O)cc2NC(=O)[C@@H]1C. The van der Waals surface area contributed by atoms with Gasteiger partial charge in [-0.3, -0.25) is 14.5 Å². The molecule has 0 fully saturated rings. The Bertz CT molecular complexity index is 982. The number of rotatable bonds is 2. The van der Waals surface area contributed by atoms with E-state index in [-0.39, 0.29) is 16.7 Å². The molecule has 1 atom stereocenters. The fraction of sp³-hybridized carbons (Fsp3) is 0.222. The molecule has 0 spiro atoms. The summed E-state index contributed by atoms with van der Waals surface area (Å²) in [7, 11) is -3.42. The van der Waals surface area contributed by atoms with Gasteiger partial charge in [0.15, 0.2) is 9.84 Å². The summed E-state index contributed by atoms with van der Waals surface area (Å²) in [5, 5.41) is 2.68. The standard InChI is InChI=1S/C18H18N2O4S/c1-11-6-4-5-7-14(11)18(22)20-12(2)17(21)19-15-10-13(25(3,23)24)8-9-16(15)20/h4-10,12H,1-3H3,(H,19,21)/t12-/m0/s1. The van der Waals surface area contributed by atoms with Crippen LogP contribution in [0.15, 0.2) is 47.4 Å². The number of hydrogen-bond acceptors (Lipinski definition) is 4. The zero-order valence-electron chi connectivity index (χ0n) is 14.1. The minimum absolute atomic E-state index is 0.0874. The summed E-state index contributed by atoms with van der Waals surface area (Å²) < 4.78 is 23.5. The predicted molar refractivity (Wildman–Crippen MR) is 95.6 cm³/mol. The molecular formula is C18H18N2O4S. The lowest BCUT2D eigenvalue weighted by molar-refractivity contribution is -0.117. The minimum atomic E-state index is -3.42. The lowest BCUT2D eigenvalue weighted by atomic mass is 10.0. The molecule has 0 bridgehead atoms. The smallest absolute Gasteiger partial charge is 0.259 e. The van der Waals surface area contributed by atoms with Gasteiger partial charge >= 0.3 is 0 Å². The van der Waals surface area contributed by atoms with E-state index in [1.54, 1.807) is 25.1 Å². The predicted octanol–water partition coefficient (Wildman–Crippen LogP) is 2.39. The molecule has 2 aromatic carbocycles. The second-order valence-electron chi connectivity index (χ2n) is 6.11. The highest BCUT2D eigenvalue weighted by Crippen LogP contribution is 2.35. The summed E-state index contributed by atoms with van der Waals surface area (Å²) in [6, 6.07) is 10.8. The Morgan fingerprint density at radius 3 is 2.48 bits per heavy atom. The molecule has 0 saturated heterocycles. The normalized spacial score (nSPS) is 17.0. The average molecular weight is 358 g/mol. The Balaban J connectivity index is 2.14. The first kappa shape index (κ1) is 17.2. The first-order chi connectivity index (χ1) is 11.7. The summed E-state index contributed by atoms with van der Waals surface area (Å²) in [5.41, 5.74) is 2.10. The van der Waals surface area contributed by atoms with E-state index in [0.29, 0.717) is 16.9 Å². The van der Waals surface area contributed by atoms with E-state index in [1.165, 1.54) is 17.0 Å². The third-order valence-corrected chi connectivity index (χ3v) is 5.38. The average Bonchev–Trinajstić information content (AvgIpc) is 2.54. The first-order valence-corrected chi connectivity index (χ1v) is 9.63. The number of carbonyl (C=O) groups is 2. The third-order valence-electron chi connectivity index (χ3n) is 4.27. The topological polar surface area (TPSA) is 83.6 Å². The van der Waals surface area contributed by atoms with Crippen LogP contribution in [0.5, 0.6) is 0 Å². The number of hydrogen-bond donors (Lipinski definition) is 1. The van der Waals surface area contributed by atoms with E-state index >= 15 is 0 Å². The molecule has 0 unspecified atom stereocenters. The molecule has 0 aliphatic carbocycles. The van der Waals surface area contributed by atoms with Gasteiger partial charge in [-0.1, -0.05) is 18.2 Å². The van der Waals surface area contributed by atoms with E-state index in [2.05, 4.69) is 5.32 Å². The Hall–Kier alpha value is -2.67. The quantitative estimate of drug-likeness (QED) is 0.893. The second-order valence-corrected chi connectivity index (χ2v) is 8.12. The first-order valence-electron chi connectivity index (χ1n) is 7.74. The van der Waals surface area contributed by atoms with Gasteiger partial charge in [-0.05, 0) is 43.7 Å². The molecule has 7 heteroatoms. The van der Waals surface area contributed by atoms with Crippen LogP contribution in [0.4, 0.5) is 11.4 Å². The Labute approximate surface area is 146 Å². The van der Waals surface area contributed by atoms with Crippen LogP contribution >= 0.6 is 0 Å². The minimum Gasteiger partial charge on any atom is -0.322 e. The molecule has 2 aromatic rings. The van der Waals surface area contributed by atoms with Crippen molar-refractivity contribution in [1.29, 1.82) is 0 Å². The van der Waals surface area contributed by atoms with Gasteiger partial charge in [0.05, 0.1) is 16.3 Å². The van der Waals surface area contributed by atoms with E-state index in [0.717, 1.165) is 11.8 Å². The molecule has 0 aromatic heterocycles. The molecule has 6 nitrogen and oxygen atoms in total. The van der Waals surface area contributed by atoms with Gasteiger partial charge in [0, 0.05) is 11.8 Å². The van der Waals surface area contributed by atoms with E-state index < -0.39 is 15.9 Å². The Morgan fingerprint density at radius 2 is 1.84 bits per heavy atom. The van der Waals surface area contributed by atoms with Gasteiger partial charge in [-0.2, -0.15) is 0 Å². The van der Waals surface area contributed by atoms with Crippen molar-refractivity contribution in [3.05, 3.63) is 53.6 Å². The number of nitrogens with one attached hydrogen (secondary N) is 1. The zero-order valence-corrected chi connectivity index (χ0v) is 14.9. The number of carbonyl (C=O) groups excluding carboxylic acids is 2. The number of aryl methyl sites for hydroxylation is 1. The maximum Gasteiger partial charge on any atom is 0.259 e. The molecule has 0 saturated carbocycles. The highest BCUT2D eigenvalue weighted by molar-refractivity contribution is 7.90. The molecule has 25 heavy (non-hydrogen) atoms. The van der Waals surface area contributed by atoms with Crippen molar-refractivity contribution >= 4 is 33.0 Å². The Kier molecular flexibility index (Phi) is 4.12. The van der Waals surface area contributed by atoms with Crippen LogP contribution in [0, 0.1) is 6.92 Å². The molecule has 2 amide bonds. The number of benzene rings is 2. The van der Waals surface area contributed by atoms with E-state index in [1.807, 2.05) is 19.1 Å². The molecule has 3 rings (SSSR count). The van der Waals surface area contributed by atoms with Crippen molar-refractivity contribution in [3.8, 4) is 0 Å². The van der Waals surface area contributed by atoms with Crippen molar-refractivity contribution in [2.75, 3.05) is 16.5 Å². The van der Waals surface area contributed by atoms with E-state index in [4.69, 9.17) is 0 Å². The number of sulfone groups is 1. The van der Waals surface area contributed by atoms with Gasteiger partial charge in [0.25, 0.3) is 5.91 Å². The molecule has 0 radical (unpaired) electrons. The number of nitrogens with zero attached hydrogens (tertiary/aromatic N) is 1. The van der Waals surface area contributed by atoms with Crippen molar-refractivity contribution in [2.45, 2.75) is 24.8 Å². The van der Waals surface area contributed by atoms with Crippen LogP contribution in [-0.2, 0) is 14.6 Å². The molecule has 1 aliphatic heterocycles. The van der Waals surface area contributed by atoms with Gasteiger partial charge in [0.1, 0.15) is 6.04 Å². The van der Waals surface area contributed by atoms with Crippen LogP contribution in [-0.4, -0.2) is 32.5 Å². The fourth-order valence-corrected chi connectivity index (χ4v) is 3.49. The van der Waals surface area contributed by atoms with Crippen molar-refractivity contribution in [1.82, 2.24) is 0 Å². The summed E-state index contributed by atoms with van der Waals surface area (Å²) >= 11 is 0. The third kappa shape index (κ3) is 3.02. The summed E-state index contributed by atoms with van der Waals surface area (Å²) in [5.74, 6) is -0.658. The van der Waals surface area contributed by atoms with Crippen molar-refractivity contribution in [3.63, 3.8) is 0 Å². The van der Waals surface area contributed by atoms with Gasteiger partial charge in [0.2, 0.25) is 5.91 Å². The van der Waals surface area contributed by atoms with E-state index in [9.17, 15) is 18.0 Å². The van der Waals surface area contributed by atoms with Crippen LogP contribution in [0.3, 0.4) is 0 Å². The fourth-order valence-electron chi connectivity index (χ4n) is 2.85. The number of amides is 2. The largest absolute Gasteiger partial charge is 0.322 e. The summed E-state index contributed by atoms with van der Waals surface area (Å²) in [6.45, 7) is 3.47. The molecule has 1 heterocycles. The summed E-state index contributed by atoms with van der Waals surface area (Å²) in [4.78, 5) is 26.8.